The molecule has 0 aliphatic rings. The molecule has 0 bridgehead atoms. The summed E-state index contributed by atoms with van der Waals surface area (Å²) in [5.41, 5.74) is 3.01. The fourth-order valence-electron chi connectivity index (χ4n) is 2.59. The maximum Gasteiger partial charge on any atom is 0.187 e. The Morgan fingerprint density at radius 1 is 1.14 bits per heavy atom. The number of hydrogen-bond acceptors (Lipinski definition) is 3. The van der Waals surface area contributed by atoms with Crippen molar-refractivity contribution in [1.82, 2.24) is 5.16 Å². The highest BCUT2D eigenvalue weighted by atomic mass is 35.5. The summed E-state index contributed by atoms with van der Waals surface area (Å²) in [7, 11) is 0. The quantitative estimate of drug-likeness (QED) is 0.721. The van der Waals surface area contributed by atoms with Gasteiger partial charge in [-0.3, -0.25) is 0 Å². The van der Waals surface area contributed by atoms with Gasteiger partial charge in [0.15, 0.2) is 11.4 Å². The first-order valence-electron chi connectivity index (χ1n) is 7.33. The molecule has 1 N–H and O–H groups in total. The fraction of sp³-hybridized carbons (Fsp3) is 0.278. The standard InChI is InChI=1S/C18H19ClN2O/c1-12-9-10-14(19)16-15(12)17(21-22-16)20-11-18(2,3)13-7-5-4-6-8-13/h4-10H,11H2,1-3H3,(H,20,21). The van der Waals surface area contributed by atoms with Crippen molar-refractivity contribution in [3.05, 3.63) is 58.6 Å². The van der Waals surface area contributed by atoms with Gasteiger partial charge >= 0.3 is 0 Å². The predicted octanol–water partition coefficient (Wildman–Crippen LogP) is 5.18. The van der Waals surface area contributed by atoms with E-state index in [4.69, 9.17) is 16.1 Å². The molecule has 114 valence electrons. The number of nitrogens with one attached hydrogen (secondary N) is 1. The van der Waals surface area contributed by atoms with Crippen molar-refractivity contribution in [3.8, 4) is 0 Å². The minimum absolute atomic E-state index is 0.0149. The third-order valence-corrected chi connectivity index (χ3v) is 4.33. The van der Waals surface area contributed by atoms with Crippen LogP contribution >= 0.6 is 11.6 Å². The maximum atomic E-state index is 6.17. The molecule has 3 nitrogen and oxygen atoms in total. The molecule has 0 saturated carbocycles. The summed E-state index contributed by atoms with van der Waals surface area (Å²) >= 11 is 6.17. The van der Waals surface area contributed by atoms with E-state index in [0.29, 0.717) is 10.6 Å². The lowest BCUT2D eigenvalue weighted by molar-refractivity contribution is 0.457. The summed E-state index contributed by atoms with van der Waals surface area (Å²) in [5.74, 6) is 0.749. The maximum absolute atomic E-state index is 6.17. The van der Waals surface area contributed by atoms with E-state index in [-0.39, 0.29) is 5.41 Å². The van der Waals surface area contributed by atoms with Gasteiger partial charge in [0.05, 0.1) is 10.4 Å². The van der Waals surface area contributed by atoms with Gasteiger partial charge < -0.3 is 9.84 Å². The lowest BCUT2D eigenvalue weighted by Gasteiger charge is -2.25. The van der Waals surface area contributed by atoms with E-state index in [0.717, 1.165) is 23.3 Å². The summed E-state index contributed by atoms with van der Waals surface area (Å²) in [6, 6.07) is 14.3. The summed E-state index contributed by atoms with van der Waals surface area (Å²) in [6.07, 6.45) is 0. The molecule has 0 amide bonds. The summed E-state index contributed by atoms with van der Waals surface area (Å²) < 4.78 is 5.39. The Hall–Kier alpha value is -2.00. The molecule has 0 atom stereocenters. The van der Waals surface area contributed by atoms with Gasteiger partial charge in [0.1, 0.15) is 0 Å². The van der Waals surface area contributed by atoms with Crippen LogP contribution in [0.5, 0.6) is 0 Å². The Morgan fingerprint density at radius 3 is 2.59 bits per heavy atom. The van der Waals surface area contributed by atoms with E-state index in [1.54, 1.807) is 0 Å². The van der Waals surface area contributed by atoms with Crippen molar-refractivity contribution in [1.29, 1.82) is 0 Å². The van der Waals surface area contributed by atoms with Gasteiger partial charge in [-0.05, 0) is 24.1 Å². The van der Waals surface area contributed by atoms with Gasteiger partial charge in [0, 0.05) is 12.0 Å². The van der Waals surface area contributed by atoms with Crippen LogP contribution in [0.4, 0.5) is 5.82 Å². The fourth-order valence-corrected chi connectivity index (χ4v) is 2.78. The van der Waals surface area contributed by atoms with Gasteiger partial charge in [0.25, 0.3) is 0 Å². The normalized spacial score (nSPS) is 11.8. The monoisotopic (exact) mass is 314 g/mol. The largest absolute Gasteiger partial charge is 0.366 e. The lowest BCUT2D eigenvalue weighted by Crippen LogP contribution is -2.27. The van der Waals surface area contributed by atoms with Crippen molar-refractivity contribution in [2.24, 2.45) is 0 Å². The second kappa shape index (κ2) is 5.65. The van der Waals surface area contributed by atoms with Crippen LogP contribution in [0.2, 0.25) is 5.02 Å². The highest BCUT2D eigenvalue weighted by Gasteiger charge is 2.22. The molecule has 0 fully saturated rings. The average molecular weight is 315 g/mol. The Labute approximate surface area is 135 Å². The zero-order chi connectivity index (χ0) is 15.7. The van der Waals surface area contributed by atoms with Gasteiger partial charge in [-0.15, -0.1) is 0 Å². The predicted molar refractivity (Wildman–Crippen MR) is 91.7 cm³/mol. The molecule has 2 aromatic carbocycles. The molecule has 0 radical (unpaired) electrons. The SMILES string of the molecule is Cc1ccc(Cl)c2onc(NCC(C)(C)c3ccccc3)c12. The second-order valence-electron chi connectivity index (χ2n) is 6.20. The Kier molecular flexibility index (Phi) is 3.83. The number of halogens is 1. The topological polar surface area (TPSA) is 38.1 Å². The molecule has 0 unspecified atom stereocenters. The first kappa shape index (κ1) is 14.9. The van der Waals surface area contributed by atoms with E-state index in [9.17, 15) is 0 Å². The van der Waals surface area contributed by atoms with Crippen molar-refractivity contribution in [2.45, 2.75) is 26.2 Å². The Balaban J connectivity index is 1.87. The van der Waals surface area contributed by atoms with Crippen molar-refractivity contribution in [2.75, 3.05) is 11.9 Å². The highest BCUT2D eigenvalue weighted by molar-refractivity contribution is 6.35. The van der Waals surface area contributed by atoms with E-state index in [2.05, 4.69) is 48.6 Å². The molecule has 0 aliphatic carbocycles. The van der Waals surface area contributed by atoms with Crippen LogP contribution in [0.1, 0.15) is 25.0 Å². The van der Waals surface area contributed by atoms with Gasteiger partial charge in [-0.2, -0.15) is 0 Å². The minimum Gasteiger partial charge on any atom is -0.366 e. The van der Waals surface area contributed by atoms with Gasteiger partial charge in [0.2, 0.25) is 0 Å². The number of aromatic nitrogens is 1. The first-order chi connectivity index (χ1) is 10.5. The zero-order valence-corrected chi connectivity index (χ0v) is 13.7. The number of anilines is 1. The molecule has 0 aliphatic heterocycles. The third-order valence-electron chi connectivity index (χ3n) is 4.04. The van der Waals surface area contributed by atoms with Crippen molar-refractivity contribution < 1.29 is 4.52 Å². The van der Waals surface area contributed by atoms with Crippen molar-refractivity contribution in [3.63, 3.8) is 0 Å². The third kappa shape index (κ3) is 2.69. The molecule has 3 aromatic rings. The number of aryl methyl sites for hydroxylation is 1. The van der Waals surface area contributed by atoms with Crippen LogP contribution in [-0.4, -0.2) is 11.7 Å². The molecule has 1 aromatic heterocycles. The van der Waals surface area contributed by atoms with Crippen LogP contribution in [0.15, 0.2) is 47.0 Å². The molecule has 0 saturated heterocycles. The molecular weight excluding hydrogens is 296 g/mol. The highest BCUT2D eigenvalue weighted by Crippen LogP contribution is 2.32. The molecular formula is C18H19ClN2O. The Morgan fingerprint density at radius 2 is 1.86 bits per heavy atom. The van der Waals surface area contributed by atoms with Crippen LogP contribution in [0, 0.1) is 6.92 Å². The van der Waals surface area contributed by atoms with Gasteiger partial charge in [-0.25, -0.2) is 0 Å². The van der Waals surface area contributed by atoms with E-state index >= 15 is 0 Å². The van der Waals surface area contributed by atoms with Crippen molar-refractivity contribution >= 4 is 28.4 Å². The molecule has 22 heavy (non-hydrogen) atoms. The van der Waals surface area contributed by atoms with Crippen LogP contribution in [-0.2, 0) is 5.41 Å². The molecule has 1 heterocycles. The smallest absolute Gasteiger partial charge is 0.187 e. The zero-order valence-electron chi connectivity index (χ0n) is 13.0. The first-order valence-corrected chi connectivity index (χ1v) is 7.71. The lowest BCUT2D eigenvalue weighted by atomic mass is 9.84. The van der Waals surface area contributed by atoms with Crippen LogP contribution in [0.25, 0.3) is 11.0 Å². The van der Waals surface area contributed by atoms with E-state index < -0.39 is 0 Å². The van der Waals surface area contributed by atoms with Gasteiger partial charge in [-0.1, -0.05) is 67.0 Å². The number of fused-ring (bicyclic) bond motifs is 1. The summed E-state index contributed by atoms with van der Waals surface area (Å²) in [6.45, 7) is 7.20. The number of nitrogens with zero attached hydrogens (tertiary/aromatic N) is 1. The van der Waals surface area contributed by atoms with Crippen LogP contribution < -0.4 is 5.32 Å². The number of rotatable bonds is 4. The Bertz CT molecular complexity index is 793. The van der Waals surface area contributed by atoms with E-state index in [1.807, 2.05) is 25.1 Å². The average Bonchev–Trinajstić information content (AvgIpc) is 2.95. The second-order valence-corrected chi connectivity index (χ2v) is 6.61. The minimum atomic E-state index is -0.0149. The number of hydrogen-bond donors (Lipinski definition) is 1. The molecule has 0 spiro atoms. The van der Waals surface area contributed by atoms with E-state index in [1.165, 1.54) is 5.56 Å². The summed E-state index contributed by atoms with van der Waals surface area (Å²) in [5, 5.41) is 9.10. The molecule has 3 rings (SSSR count). The number of benzene rings is 2. The summed E-state index contributed by atoms with van der Waals surface area (Å²) in [4.78, 5) is 0. The molecule has 4 heteroatoms. The van der Waals surface area contributed by atoms with Crippen LogP contribution in [0.3, 0.4) is 0 Å².